The molecule has 1 aromatic heterocycles. The van der Waals surface area contributed by atoms with E-state index >= 15 is 0 Å². The molecular formula is C56H38N2O3. The highest BCUT2D eigenvalue weighted by Gasteiger charge is 2.51. The summed E-state index contributed by atoms with van der Waals surface area (Å²) in [5.74, 6) is 2.36. The van der Waals surface area contributed by atoms with Crippen LogP contribution in [0.1, 0.15) is 22.3 Å². The maximum absolute atomic E-state index is 7.29. The Morgan fingerprint density at radius 3 is 1.56 bits per heavy atom. The first-order valence-corrected chi connectivity index (χ1v) is 20.6. The summed E-state index contributed by atoms with van der Waals surface area (Å²) in [5.41, 5.74) is 13.7. The van der Waals surface area contributed by atoms with Crippen LogP contribution < -0.4 is 19.3 Å². The molecule has 2 heterocycles. The maximum Gasteiger partial charge on any atom is 0.163 e. The van der Waals surface area contributed by atoms with E-state index in [1.807, 2.05) is 18.2 Å². The van der Waals surface area contributed by atoms with Gasteiger partial charge in [0.15, 0.2) is 16.9 Å². The minimum Gasteiger partial charge on any atom is -0.496 e. The van der Waals surface area contributed by atoms with Crippen molar-refractivity contribution < 1.29 is 13.9 Å². The van der Waals surface area contributed by atoms with Gasteiger partial charge in [-0.15, -0.1) is 0 Å². The van der Waals surface area contributed by atoms with Gasteiger partial charge in [0.05, 0.1) is 35.0 Å². The summed E-state index contributed by atoms with van der Waals surface area (Å²) in [7, 11) is 1.72. The van der Waals surface area contributed by atoms with Crippen LogP contribution in [0.5, 0.6) is 17.2 Å². The molecule has 10 aromatic rings. The Hall–Kier alpha value is -8.02. The number of ether oxygens (including phenoxy) is 2. The summed E-state index contributed by atoms with van der Waals surface area (Å²) in [6.07, 6.45) is 0. The minimum absolute atomic E-state index is 0.609. The molecule has 61 heavy (non-hydrogen) atoms. The van der Waals surface area contributed by atoms with Crippen molar-refractivity contribution >= 4 is 56.1 Å². The highest BCUT2D eigenvalue weighted by molar-refractivity contribution is 6.16. The summed E-state index contributed by atoms with van der Waals surface area (Å²) < 4.78 is 20.6. The summed E-state index contributed by atoms with van der Waals surface area (Å²) >= 11 is 0. The zero-order valence-corrected chi connectivity index (χ0v) is 33.3. The number of nitrogens with zero attached hydrogens (tertiary/aromatic N) is 2. The van der Waals surface area contributed by atoms with Gasteiger partial charge >= 0.3 is 0 Å². The maximum atomic E-state index is 7.29. The lowest BCUT2D eigenvalue weighted by Crippen LogP contribution is -2.32. The highest BCUT2D eigenvalue weighted by atomic mass is 16.5. The molecule has 2 aliphatic rings. The van der Waals surface area contributed by atoms with Crippen molar-refractivity contribution in [3.05, 3.63) is 235 Å². The number of anilines is 6. The molecule has 0 bridgehead atoms. The van der Waals surface area contributed by atoms with E-state index in [0.29, 0.717) is 0 Å². The van der Waals surface area contributed by atoms with Crippen LogP contribution in [0.15, 0.2) is 217 Å². The molecule has 12 rings (SSSR count). The molecule has 0 atom stereocenters. The third-order valence-corrected chi connectivity index (χ3v) is 12.4. The Kier molecular flexibility index (Phi) is 7.91. The number of para-hydroxylation sites is 6. The van der Waals surface area contributed by atoms with Crippen molar-refractivity contribution in [2.24, 2.45) is 0 Å². The number of furan rings is 1. The van der Waals surface area contributed by atoms with E-state index in [4.69, 9.17) is 13.9 Å². The van der Waals surface area contributed by atoms with Gasteiger partial charge in [0, 0.05) is 33.6 Å². The molecule has 5 nitrogen and oxygen atoms in total. The number of methoxy groups -OCH3 is 1. The van der Waals surface area contributed by atoms with E-state index in [0.717, 1.165) is 84.4 Å². The first kappa shape index (κ1) is 35.0. The van der Waals surface area contributed by atoms with Gasteiger partial charge in [0.25, 0.3) is 0 Å². The molecule has 9 aromatic carbocycles. The highest BCUT2D eigenvalue weighted by Crippen LogP contribution is 2.64. The minimum atomic E-state index is -0.609. The van der Waals surface area contributed by atoms with Crippen LogP contribution in [-0.2, 0) is 5.41 Å². The smallest absolute Gasteiger partial charge is 0.163 e. The number of rotatable bonds is 7. The number of hydrogen-bond acceptors (Lipinski definition) is 5. The zero-order chi connectivity index (χ0) is 40.5. The van der Waals surface area contributed by atoms with Crippen molar-refractivity contribution in [1.29, 1.82) is 0 Å². The zero-order valence-electron chi connectivity index (χ0n) is 33.3. The van der Waals surface area contributed by atoms with Gasteiger partial charge in [0.2, 0.25) is 0 Å². The predicted octanol–water partition coefficient (Wildman–Crippen LogP) is 15.0. The molecule has 0 fully saturated rings. The third-order valence-electron chi connectivity index (χ3n) is 12.4. The van der Waals surface area contributed by atoms with E-state index in [9.17, 15) is 0 Å². The topological polar surface area (TPSA) is 38.1 Å². The fraction of sp³-hybridized carbons (Fsp3) is 0.0357. The first-order chi connectivity index (χ1) is 30.3. The SMILES string of the molecule is COc1ccc(N(c2ccccc2)c2ccccc2)c2oc3c(N(c4ccccc4)c4cccc5c4Oc4ccccc4C54c5ccccc5-c5ccccc54)cccc3c12. The van der Waals surface area contributed by atoms with Crippen molar-refractivity contribution in [3.63, 3.8) is 0 Å². The third kappa shape index (κ3) is 5.07. The molecular weight excluding hydrogens is 749 g/mol. The second kappa shape index (κ2) is 13.8. The number of fused-ring (bicyclic) bond motifs is 12. The summed E-state index contributed by atoms with van der Waals surface area (Å²) in [6, 6.07) is 74.6. The molecule has 0 radical (unpaired) electrons. The van der Waals surface area contributed by atoms with Gasteiger partial charge in [-0.1, -0.05) is 146 Å². The van der Waals surface area contributed by atoms with Crippen molar-refractivity contribution in [2.75, 3.05) is 16.9 Å². The molecule has 290 valence electrons. The predicted molar refractivity (Wildman–Crippen MR) is 247 cm³/mol. The van der Waals surface area contributed by atoms with Crippen LogP contribution in [0, 0.1) is 0 Å². The van der Waals surface area contributed by atoms with E-state index in [2.05, 4.69) is 204 Å². The Morgan fingerprint density at radius 1 is 0.410 bits per heavy atom. The molecule has 0 saturated heterocycles. The fourth-order valence-corrected chi connectivity index (χ4v) is 9.97. The standard InChI is InChI=1S/C56H38N2O3/c1-59-51-36-35-49(57(37-19-5-2-6-20-37)38-21-7-3-8-22-38)55-52(51)42-27-17-32-47(53(42)61-55)58(39-23-9-4-10-24-39)48-33-18-31-46-54(48)60-50-34-16-15-30-45(50)56(46)43-28-13-11-25-40(43)41-26-12-14-29-44(41)56/h2-36H,1H3. The Bertz CT molecular complexity index is 3200. The van der Waals surface area contributed by atoms with Crippen LogP contribution in [-0.4, -0.2) is 7.11 Å². The molecule has 1 aliphatic heterocycles. The lowest BCUT2D eigenvalue weighted by atomic mass is 9.66. The summed E-state index contributed by atoms with van der Waals surface area (Å²) in [5, 5.41) is 1.85. The van der Waals surface area contributed by atoms with Crippen LogP contribution in [0.25, 0.3) is 33.1 Å². The van der Waals surface area contributed by atoms with Crippen molar-refractivity contribution in [3.8, 4) is 28.4 Å². The molecule has 1 aliphatic carbocycles. The van der Waals surface area contributed by atoms with Crippen molar-refractivity contribution in [2.45, 2.75) is 5.41 Å². The van der Waals surface area contributed by atoms with E-state index in [1.54, 1.807) is 7.11 Å². The molecule has 0 saturated carbocycles. The molecule has 0 amide bonds. The Morgan fingerprint density at radius 2 is 0.918 bits per heavy atom. The Labute approximate surface area is 353 Å². The van der Waals surface area contributed by atoms with Crippen molar-refractivity contribution in [1.82, 2.24) is 0 Å². The van der Waals surface area contributed by atoms with E-state index in [-0.39, 0.29) is 0 Å². The summed E-state index contributed by atoms with van der Waals surface area (Å²) in [4.78, 5) is 4.53. The summed E-state index contributed by atoms with van der Waals surface area (Å²) in [6.45, 7) is 0. The molecule has 5 heteroatoms. The van der Waals surface area contributed by atoms with E-state index in [1.165, 1.54) is 22.3 Å². The van der Waals surface area contributed by atoms with Gasteiger partial charge in [-0.05, 0) is 89.0 Å². The lowest BCUT2D eigenvalue weighted by molar-refractivity contribution is 0.420. The largest absolute Gasteiger partial charge is 0.496 e. The van der Waals surface area contributed by atoms with Crippen LogP contribution in [0.3, 0.4) is 0 Å². The average Bonchev–Trinajstić information content (AvgIpc) is 3.86. The normalized spacial score (nSPS) is 12.9. The first-order valence-electron chi connectivity index (χ1n) is 20.6. The number of benzene rings is 9. The monoisotopic (exact) mass is 786 g/mol. The number of hydrogen-bond donors (Lipinski definition) is 0. The van der Waals surface area contributed by atoms with Gasteiger partial charge < -0.3 is 23.7 Å². The van der Waals surface area contributed by atoms with Crippen LogP contribution >= 0.6 is 0 Å². The van der Waals surface area contributed by atoms with Crippen LogP contribution in [0.2, 0.25) is 0 Å². The van der Waals surface area contributed by atoms with Gasteiger partial charge in [-0.3, -0.25) is 0 Å². The second-order valence-corrected chi connectivity index (χ2v) is 15.5. The second-order valence-electron chi connectivity index (χ2n) is 15.5. The van der Waals surface area contributed by atoms with Gasteiger partial charge in [-0.2, -0.15) is 0 Å². The van der Waals surface area contributed by atoms with Gasteiger partial charge in [0.1, 0.15) is 11.5 Å². The fourth-order valence-electron chi connectivity index (χ4n) is 9.97. The van der Waals surface area contributed by atoms with E-state index < -0.39 is 5.41 Å². The Balaban J connectivity index is 1.14. The molecule has 0 N–H and O–H groups in total. The average molecular weight is 787 g/mol. The van der Waals surface area contributed by atoms with Crippen LogP contribution in [0.4, 0.5) is 34.1 Å². The molecule has 1 spiro atoms. The quantitative estimate of drug-likeness (QED) is 0.161. The molecule has 0 unspecified atom stereocenters. The van der Waals surface area contributed by atoms with Gasteiger partial charge in [-0.25, -0.2) is 0 Å². The lowest BCUT2D eigenvalue weighted by Gasteiger charge is -2.41.